The number of anilines is 1. The maximum Gasteiger partial charge on any atom is 0.412 e. The van der Waals surface area contributed by atoms with Gasteiger partial charge in [0.05, 0.1) is 6.42 Å². The second kappa shape index (κ2) is 10.4. The number of nitrogens with one attached hydrogen (secondary N) is 1. The maximum atomic E-state index is 12.6. The summed E-state index contributed by atoms with van der Waals surface area (Å²) < 4.78 is 11.0. The van der Waals surface area contributed by atoms with Gasteiger partial charge in [0.1, 0.15) is 17.5 Å². The number of ether oxygens (including phenoxy) is 1. The number of carbonyl (C=O) groups is 2. The van der Waals surface area contributed by atoms with E-state index in [1.54, 1.807) is 19.9 Å². The summed E-state index contributed by atoms with van der Waals surface area (Å²) in [4.78, 5) is 23.7. The Morgan fingerprint density at radius 2 is 1.60 bits per heavy atom. The molecule has 35 heavy (non-hydrogen) atoms. The summed E-state index contributed by atoms with van der Waals surface area (Å²) in [6, 6.07) is 22.5. The summed E-state index contributed by atoms with van der Waals surface area (Å²) in [7, 11) is 0. The fourth-order valence-corrected chi connectivity index (χ4v) is 3.99. The number of benzene rings is 3. The Morgan fingerprint density at radius 1 is 1.00 bits per heavy atom. The monoisotopic (exact) mass is 489 g/mol. The quantitative estimate of drug-likeness (QED) is 0.316. The molecular weight excluding hydrogens is 466 g/mol. The van der Waals surface area contributed by atoms with Gasteiger partial charge in [-0.3, -0.25) is 10.1 Å². The number of primary amides is 1. The first kappa shape index (κ1) is 24.0. The number of hydrogen-bond donors (Lipinski definition) is 2. The van der Waals surface area contributed by atoms with E-state index < -0.39 is 12.2 Å². The van der Waals surface area contributed by atoms with Gasteiger partial charge in [-0.05, 0) is 36.6 Å². The predicted molar refractivity (Wildman–Crippen MR) is 135 cm³/mol. The molecule has 0 saturated heterocycles. The molecule has 4 rings (SSSR count). The molecule has 0 spiro atoms. The largest absolute Gasteiger partial charge is 0.441 e. The van der Waals surface area contributed by atoms with Crippen molar-refractivity contribution in [1.82, 2.24) is 5.16 Å². The smallest absolute Gasteiger partial charge is 0.412 e. The van der Waals surface area contributed by atoms with Crippen molar-refractivity contribution in [3.05, 3.63) is 94.6 Å². The summed E-state index contributed by atoms with van der Waals surface area (Å²) in [6.45, 7) is 3.49. The number of hydrogen-bond acceptors (Lipinski definition) is 5. The Kier molecular flexibility index (Phi) is 7.17. The normalized spacial score (nSPS) is 11.6. The molecule has 0 aliphatic heterocycles. The van der Waals surface area contributed by atoms with Crippen LogP contribution in [-0.2, 0) is 16.0 Å². The first-order chi connectivity index (χ1) is 16.8. The van der Waals surface area contributed by atoms with Crippen LogP contribution >= 0.6 is 11.6 Å². The number of halogens is 1. The fourth-order valence-electron chi connectivity index (χ4n) is 3.70. The van der Waals surface area contributed by atoms with E-state index in [4.69, 9.17) is 26.6 Å². The molecule has 8 heteroatoms. The minimum absolute atomic E-state index is 0.208. The molecule has 7 nitrogen and oxygen atoms in total. The molecule has 1 heterocycles. The molecule has 3 N–H and O–H groups in total. The zero-order valence-electron chi connectivity index (χ0n) is 19.2. The summed E-state index contributed by atoms with van der Waals surface area (Å²) >= 11 is 6.21. The van der Waals surface area contributed by atoms with Crippen LogP contribution in [0.5, 0.6) is 0 Å². The Bertz CT molecular complexity index is 1350. The highest BCUT2D eigenvalue weighted by Gasteiger charge is 2.20. The van der Waals surface area contributed by atoms with Gasteiger partial charge in [-0.2, -0.15) is 0 Å². The highest BCUT2D eigenvalue weighted by Crippen LogP contribution is 2.33. The van der Waals surface area contributed by atoms with Crippen molar-refractivity contribution in [1.29, 1.82) is 0 Å². The van der Waals surface area contributed by atoms with E-state index in [-0.39, 0.29) is 12.3 Å². The highest BCUT2D eigenvalue weighted by molar-refractivity contribution is 6.31. The minimum atomic E-state index is -0.641. The van der Waals surface area contributed by atoms with Crippen LogP contribution in [0.2, 0.25) is 5.02 Å². The Morgan fingerprint density at radius 3 is 2.23 bits per heavy atom. The number of rotatable bonds is 7. The number of aryl methyl sites for hydroxylation is 1. The topological polar surface area (TPSA) is 107 Å². The van der Waals surface area contributed by atoms with Gasteiger partial charge in [0, 0.05) is 16.1 Å². The van der Waals surface area contributed by atoms with Crippen molar-refractivity contribution < 1.29 is 18.8 Å². The average Bonchev–Trinajstić information content (AvgIpc) is 3.19. The molecule has 178 valence electrons. The molecule has 0 aliphatic rings. The van der Waals surface area contributed by atoms with Crippen molar-refractivity contribution in [3.63, 3.8) is 0 Å². The van der Waals surface area contributed by atoms with Gasteiger partial charge in [0.15, 0.2) is 5.76 Å². The van der Waals surface area contributed by atoms with E-state index in [2.05, 4.69) is 10.5 Å². The van der Waals surface area contributed by atoms with E-state index in [0.29, 0.717) is 27.7 Å². The SMILES string of the molecule is Cc1noc(-c2ccc(-c3ccc(CC(N)=O)cc3)cc2)c1NC(=O)O[C@H](C)c1ccccc1Cl. The highest BCUT2D eigenvalue weighted by atomic mass is 35.5. The lowest BCUT2D eigenvalue weighted by molar-refractivity contribution is -0.117. The lowest BCUT2D eigenvalue weighted by Gasteiger charge is -2.15. The lowest BCUT2D eigenvalue weighted by atomic mass is 10.0. The summed E-state index contributed by atoms with van der Waals surface area (Å²) in [5, 5.41) is 7.28. The number of nitrogens with two attached hydrogens (primary N) is 1. The van der Waals surface area contributed by atoms with Crippen LogP contribution < -0.4 is 11.1 Å². The fraction of sp³-hybridized carbons (Fsp3) is 0.148. The van der Waals surface area contributed by atoms with Crippen LogP contribution in [0.3, 0.4) is 0 Å². The van der Waals surface area contributed by atoms with Crippen LogP contribution in [0.1, 0.15) is 29.8 Å². The van der Waals surface area contributed by atoms with Gasteiger partial charge in [-0.1, -0.05) is 83.5 Å². The molecule has 1 atom stereocenters. The third kappa shape index (κ3) is 5.70. The van der Waals surface area contributed by atoms with Crippen LogP contribution in [0, 0.1) is 6.92 Å². The average molecular weight is 490 g/mol. The lowest BCUT2D eigenvalue weighted by Crippen LogP contribution is -2.17. The van der Waals surface area contributed by atoms with Crippen molar-refractivity contribution in [2.24, 2.45) is 5.73 Å². The standard InChI is InChI=1S/C27H24ClN3O4/c1-16-25(30-27(33)34-17(2)22-5-3-4-6-23(22)28)26(35-31-16)21-13-11-20(12-14-21)19-9-7-18(8-10-19)15-24(29)32/h3-14,17H,15H2,1-2H3,(H2,29,32)(H,30,33)/t17-/m1/s1. The van der Waals surface area contributed by atoms with Crippen LogP contribution in [0.25, 0.3) is 22.5 Å². The van der Waals surface area contributed by atoms with E-state index in [1.807, 2.05) is 66.7 Å². The van der Waals surface area contributed by atoms with Gasteiger partial charge in [-0.25, -0.2) is 4.79 Å². The Labute approximate surface area is 207 Å². The molecule has 3 aromatic carbocycles. The molecular formula is C27H24ClN3O4. The van der Waals surface area contributed by atoms with Gasteiger partial charge in [0.25, 0.3) is 0 Å². The van der Waals surface area contributed by atoms with E-state index in [1.165, 1.54) is 0 Å². The summed E-state index contributed by atoms with van der Waals surface area (Å²) in [5.41, 5.74) is 10.5. The zero-order valence-corrected chi connectivity index (χ0v) is 20.0. The number of aromatic nitrogens is 1. The third-order valence-corrected chi connectivity index (χ3v) is 5.87. The molecule has 0 radical (unpaired) electrons. The molecule has 0 saturated carbocycles. The van der Waals surface area contributed by atoms with Gasteiger partial charge in [-0.15, -0.1) is 0 Å². The van der Waals surface area contributed by atoms with E-state index in [0.717, 1.165) is 22.3 Å². The molecule has 4 aromatic rings. The summed E-state index contributed by atoms with van der Waals surface area (Å²) in [5.74, 6) is 0.0595. The summed E-state index contributed by atoms with van der Waals surface area (Å²) in [6.07, 6.45) is -0.974. The number of amides is 2. The maximum absolute atomic E-state index is 12.6. The molecule has 2 amide bonds. The predicted octanol–water partition coefficient (Wildman–Crippen LogP) is 6.31. The number of nitrogens with zero attached hydrogens (tertiary/aromatic N) is 1. The van der Waals surface area contributed by atoms with E-state index >= 15 is 0 Å². The van der Waals surface area contributed by atoms with Gasteiger partial charge < -0.3 is 15.0 Å². The molecule has 0 bridgehead atoms. The molecule has 0 fully saturated rings. The first-order valence-electron chi connectivity index (χ1n) is 11.0. The molecule has 0 aliphatic carbocycles. The number of carbonyl (C=O) groups excluding carboxylic acids is 2. The second-order valence-corrected chi connectivity index (χ2v) is 8.49. The van der Waals surface area contributed by atoms with Crippen molar-refractivity contribution in [2.45, 2.75) is 26.4 Å². The van der Waals surface area contributed by atoms with Crippen molar-refractivity contribution in [2.75, 3.05) is 5.32 Å². The molecule has 0 unspecified atom stereocenters. The van der Waals surface area contributed by atoms with Gasteiger partial charge in [0.2, 0.25) is 5.91 Å². The van der Waals surface area contributed by atoms with Gasteiger partial charge >= 0.3 is 6.09 Å². The second-order valence-electron chi connectivity index (χ2n) is 8.08. The minimum Gasteiger partial charge on any atom is -0.441 e. The van der Waals surface area contributed by atoms with E-state index in [9.17, 15) is 9.59 Å². The first-order valence-corrected chi connectivity index (χ1v) is 11.4. The van der Waals surface area contributed by atoms with Crippen LogP contribution in [-0.4, -0.2) is 17.2 Å². The third-order valence-electron chi connectivity index (χ3n) is 5.53. The Balaban J connectivity index is 1.48. The Hall–Kier alpha value is -4.10. The van der Waals surface area contributed by atoms with Crippen molar-refractivity contribution >= 4 is 29.3 Å². The van der Waals surface area contributed by atoms with Crippen LogP contribution in [0.4, 0.5) is 10.5 Å². The zero-order chi connectivity index (χ0) is 24.9. The van der Waals surface area contributed by atoms with Crippen LogP contribution in [0.15, 0.2) is 77.3 Å². The molecule has 1 aromatic heterocycles. The van der Waals surface area contributed by atoms with Crippen molar-refractivity contribution in [3.8, 4) is 22.5 Å².